The number of hydrogen-bond donors (Lipinski definition) is 1. The van der Waals surface area contributed by atoms with Crippen LogP contribution in [0.15, 0.2) is 6.07 Å². The van der Waals surface area contributed by atoms with Gasteiger partial charge in [-0.3, -0.25) is 14.5 Å². The van der Waals surface area contributed by atoms with Gasteiger partial charge in [-0.1, -0.05) is 6.92 Å². The van der Waals surface area contributed by atoms with E-state index < -0.39 is 18.0 Å². The quantitative estimate of drug-likeness (QED) is 0.889. The summed E-state index contributed by atoms with van der Waals surface area (Å²) in [5.41, 5.74) is 2.25. The van der Waals surface area contributed by atoms with Crippen LogP contribution in [0.5, 0.6) is 0 Å². The van der Waals surface area contributed by atoms with Crippen LogP contribution in [-0.2, 0) is 27.2 Å². The Kier molecular flexibility index (Phi) is 3.45. The summed E-state index contributed by atoms with van der Waals surface area (Å²) in [7, 11) is 1.55. The topological polar surface area (TPSA) is 79.0 Å². The fourth-order valence-electron chi connectivity index (χ4n) is 3.90. The summed E-state index contributed by atoms with van der Waals surface area (Å²) >= 11 is 0. The van der Waals surface area contributed by atoms with Crippen LogP contribution >= 0.6 is 0 Å². The minimum atomic E-state index is -0.545. The van der Waals surface area contributed by atoms with Crippen molar-refractivity contribution in [1.82, 2.24) is 5.32 Å². The average molecular weight is 347 g/mol. The molecule has 0 bridgehead atoms. The molecule has 1 fully saturated rings. The van der Waals surface area contributed by atoms with Crippen molar-refractivity contribution in [2.75, 3.05) is 23.4 Å². The Bertz CT molecular complexity index is 810. The highest BCUT2D eigenvalue weighted by Crippen LogP contribution is 2.46. The van der Waals surface area contributed by atoms with E-state index >= 15 is 0 Å². The number of cyclic esters (lactones) is 1. The van der Waals surface area contributed by atoms with Gasteiger partial charge in [-0.05, 0) is 17.5 Å². The maximum Gasteiger partial charge on any atom is 0.415 e. The predicted octanol–water partition coefficient (Wildman–Crippen LogP) is 1.12. The molecule has 7 nitrogen and oxygen atoms in total. The lowest BCUT2D eigenvalue weighted by atomic mass is 9.98. The summed E-state index contributed by atoms with van der Waals surface area (Å²) in [6, 6.07) is 1.00. The van der Waals surface area contributed by atoms with Gasteiger partial charge >= 0.3 is 6.09 Å². The molecule has 8 heteroatoms. The van der Waals surface area contributed by atoms with Crippen molar-refractivity contribution in [1.29, 1.82) is 0 Å². The van der Waals surface area contributed by atoms with E-state index in [4.69, 9.17) is 4.74 Å². The summed E-state index contributed by atoms with van der Waals surface area (Å²) in [6.45, 7) is 1.96. The monoisotopic (exact) mass is 347 g/mol. The Morgan fingerprint density at radius 1 is 1.40 bits per heavy atom. The van der Waals surface area contributed by atoms with Crippen molar-refractivity contribution in [2.45, 2.75) is 38.3 Å². The molecule has 1 saturated heterocycles. The number of fused-ring (bicyclic) bond motifs is 5. The largest absolute Gasteiger partial charge is 0.442 e. The first-order valence-corrected chi connectivity index (χ1v) is 8.29. The highest BCUT2D eigenvalue weighted by atomic mass is 19.1. The molecule has 3 aliphatic rings. The molecule has 0 radical (unpaired) electrons. The number of anilines is 2. The lowest BCUT2D eigenvalue weighted by molar-refractivity contribution is -0.121. The third kappa shape index (κ3) is 2.20. The number of nitrogens with zero attached hydrogens (tertiary/aromatic N) is 2. The molecule has 0 saturated carbocycles. The fourth-order valence-corrected chi connectivity index (χ4v) is 3.90. The number of carbonyl (C=O) groups is 3. The fraction of sp³-hybridized carbons (Fsp3) is 0.471. The van der Waals surface area contributed by atoms with E-state index in [0.717, 1.165) is 5.56 Å². The van der Waals surface area contributed by atoms with Gasteiger partial charge in [0.25, 0.3) is 0 Å². The van der Waals surface area contributed by atoms with Crippen LogP contribution in [0.4, 0.5) is 20.6 Å². The van der Waals surface area contributed by atoms with Gasteiger partial charge in [0, 0.05) is 19.5 Å². The Labute approximate surface area is 143 Å². The number of benzene rings is 1. The van der Waals surface area contributed by atoms with Crippen LogP contribution < -0.4 is 15.1 Å². The van der Waals surface area contributed by atoms with Crippen LogP contribution in [0.25, 0.3) is 0 Å². The third-order valence-electron chi connectivity index (χ3n) is 5.19. The number of nitrogens with one attached hydrogen (secondary N) is 1. The molecule has 25 heavy (non-hydrogen) atoms. The molecule has 3 heterocycles. The average Bonchev–Trinajstić information content (AvgIpc) is 3.19. The van der Waals surface area contributed by atoms with E-state index in [9.17, 15) is 18.8 Å². The number of amides is 3. The minimum Gasteiger partial charge on any atom is -0.442 e. The summed E-state index contributed by atoms with van der Waals surface area (Å²) in [5.74, 6) is -0.800. The first-order chi connectivity index (χ1) is 11.9. The van der Waals surface area contributed by atoms with Gasteiger partial charge in [0.15, 0.2) is 0 Å². The Hall–Kier alpha value is -2.64. The normalized spacial score (nSPS) is 23.5. The van der Waals surface area contributed by atoms with Crippen molar-refractivity contribution in [3.05, 3.63) is 23.0 Å². The number of hydrogen-bond acceptors (Lipinski definition) is 4. The van der Waals surface area contributed by atoms with E-state index in [-0.39, 0.29) is 30.8 Å². The molecule has 1 aromatic carbocycles. The van der Waals surface area contributed by atoms with Gasteiger partial charge in [-0.25, -0.2) is 9.18 Å². The van der Waals surface area contributed by atoms with Crippen LogP contribution in [0, 0.1) is 5.82 Å². The molecule has 132 valence electrons. The number of likely N-dealkylation sites (N-methyl/N-ethyl adjacent to an activating group) is 1. The van der Waals surface area contributed by atoms with Crippen LogP contribution in [-0.4, -0.2) is 43.6 Å². The molecule has 1 N–H and O–H groups in total. The van der Waals surface area contributed by atoms with E-state index in [2.05, 4.69) is 5.32 Å². The minimum absolute atomic E-state index is 0.121. The highest BCUT2D eigenvalue weighted by Gasteiger charge is 2.49. The lowest BCUT2D eigenvalue weighted by Gasteiger charge is -2.17. The molecular formula is C17H18FN3O4. The molecular weight excluding hydrogens is 329 g/mol. The zero-order chi connectivity index (χ0) is 17.9. The molecule has 4 rings (SSSR count). The van der Waals surface area contributed by atoms with Crippen LogP contribution in [0.2, 0.25) is 0 Å². The molecule has 0 aromatic heterocycles. The summed E-state index contributed by atoms with van der Waals surface area (Å²) in [4.78, 5) is 38.5. The van der Waals surface area contributed by atoms with Crippen molar-refractivity contribution in [2.24, 2.45) is 0 Å². The smallest absolute Gasteiger partial charge is 0.415 e. The highest BCUT2D eigenvalue weighted by molar-refractivity contribution is 6.04. The maximum absolute atomic E-state index is 14.5. The first-order valence-electron chi connectivity index (χ1n) is 8.29. The Morgan fingerprint density at radius 3 is 2.88 bits per heavy atom. The number of carbonyl (C=O) groups excluding carboxylic acids is 3. The third-order valence-corrected chi connectivity index (χ3v) is 5.19. The second kappa shape index (κ2) is 5.44. The van der Waals surface area contributed by atoms with Gasteiger partial charge in [0.1, 0.15) is 11.9 Å². The number of ether oxygens (including phenoxy) is 1. The number of rotatable bonds is 3. The molecule has 0 aliphatic carbocycles. The maximum atomic E-state index is 14.5. The lowest BCUT2D eigenvalue weighted by Crippen LogP contribution is -2.40. The summed E-state index contributed by atoms with van der Waals surface area (Å²) < 4.78 is 19.9. The number of halogens is 1. The van der Waals surface area contributed by atoms with Gasteiger partial charge in [-0.15, -0.1) is 0 Å². The van der Waals surface area contributed by atoms with E-state index in [1.54, 1.807) is 14.0 Å². The predicted molar refractivity (Wildman–Crippen MR) is 87.1 cm³/mol. The van der Waals surface area contributed by atoms with Crippen molar-refractivity contribution >= 4 is 29.3 Å². The summed E-state index contributed by atoms with van der Waals surface area (Å²) in [6.07, 6.45) is -0.0703. The molecule has 3 aliphatic heterocycles. The Morgan fingerprint density at radius 2 is 2.16 bits per heavy atom. The summed E-state index contributed by atoms with van der Waals surface area (Å²) in [5, 5.41) is 2.73. The molecule has 0 unspecified atom stereocenters. The first kappa shape index (κ1) is 15.9. The zero-order valence-corrected chi connectivity index (χ0v) is 14.0. The van der Waals surface area contributed by atoms with Gasteiger partial charge in [-0.2, -0.15) is 0 Å². The van der Waals surface area contributed by atoms with Crippen molar-refractivity contribution in [3.63, 3.8) is 0 Å². The zero-order valence-electron chi connectivity index (χ0n) is 14.0. The van der Waals surface area contributed by atoms with E-state index in [1.165, 1.54) is 15.9 Å². The second-order valence-corrected chi connectivity index (χ2v) is 6.53. The molecule has 1 aromatic rings. The molecule has 2 atom stereocenters. The van der Waals surface area contributed by atoms with E-state index in [0.29, 0.717) is 29.8 Å². The van der Waals surface area contributed by atoms with E-state index in [1.807, 2.05) is 0 Å². The Balaban J connectivity index is 1.68. The van der Waals surface area contributed by atoms with Crippen LogP contribution in [0.1, 0.15) is 24.5 Å². The van der Waals surface area contributed by atoms with Crippen molar-refractivity contribution < 1.29 is 23.5 Å². The van der Waals surface area contributed by atoms with Crippen molar-refractivity contribution in [3.8, 4) is 0 Å². The van der Waals surface area contributed by atoms with Gasteiger partial charge in [0.2, 0.25) is 11.8 Å². The second-order valence-electron chi connectivity index (χ2n) is 6.53. The standard InChI is InChI=1S/C17H18FN3O4/c1-3-14(22)19-7-13-12-4-8-9-5-15(23)20(2)16(9)10(18)6-11(8)21(12)17(24)25-13/h6,12-13H,3-5,7H2,1-2H3,(H,19,22)/t12-,13-/m0/s1. The molecule has 3 amide bonds. The van der Waals surface area contributed by atoms with Crippen LogP contribution in [0.3, 0.4) is 0 Å². The van der Waals surface area contributed by atoms with Gasteiger partial charge < -0.3 is 15.0 Å². The SMILES string of the molecule is CCC(=O)NC[C@@H]1OC(=O)N2c3cc(F)c4c(c3C[C@@H]12)CC(=O)N4C. The molecule has 0 spiro atoms. The van der Waals surface area contributed by atoms with Gasteiger partial charge in [0.05, 0.1) is 30.4 Å².